The zero-order valence-electron chi connectivity index (χ0n) is 24.7. The summed E-state index contributed by atoms with van der Waals surface area (Å²) >= 11 is 0. The van der Waals surface area contributed by atoms with Crippen LogP contribution in [0.4, 0.5) is 17.1 Å². The van der Waals surface area contributed by atoms with Gasteiger partial charge < -0.3 is 14.7 Å². The molecule has 204 valence electrons. The van der Waals surface area contributed by atoms with Crippen molar-refractivity contribution in [1.29, 1.82) is 0 Å². The highest BCUT2D eigenvalue weighted by Crippen LogP contribution is 2.36. The molecule has 39 heavy (non-hydrogen) atoms. The third-order valence-corrected chi connectivity index (χ3v) is 7.86. The Bertz CT molecular complexity index is 1170. The van der Waals surface area contributed by atoms with Gasteiger partial charge in [0, 0.05) is 56.3 Å². The Morgan fingerprint density at radius 1 is 0.333 bits per heavy atom. The smallest absolute Gasteiger partial charge is 0.0372 e. The van der Waals surface area contributed by atoms with Crippen molar-refractivity contribution < 1.29 is 0 Å². The predicted molar refractivity (Wildman–Crippen MR) is 173 cm³/mol. The molecule has 0 saturated carbocycles. The Morgan fingerprint density at radius 2 is 0.590 bits per heavy atom. The van der Waals surface area contributed by atoms with Gasteiger partial charge in [-0.1, -0.05) is 36.4 Å². The molecule has 0 aliphatic heterocycles. The number of anilines is 3. The molecule has 0 spiro atoms. The lowest BCUT2D eigenvalue weighted by atomic mass is 9.92. The minimum Gasteiger partial charge on any atom is -0.372 e. The molecule has 4 aromatic rings. The molecule has 0 N–H and O–H groups in total. The number of hydrogen-bond donors (Lipinski definition) is 0. The van der Waals surface area contributed by atoms with Crippen molar-refractivity contribution in [2.45, 2.75) is 41.5 Å². The van der Waals surface area contributed by atoms with E-state index in [1.807, 2.05) is 0 Å². The average molecular weight is 520 g/mol. The van der Waals surface area contributed by atoms with E-state index in [1.165, 1.54) is 50.4 Å². The largest absolute Gasteiger partial charge is 0.372 e. The average Bonchev–Trinajstić information content (AvgIpc) is 2.99. The maximum atomic E-state index is 2.41. The predicted octanol–water partition coefficient (Wildman–Crippen LogP) is 9.23. The molecular formula is C36H45N3. The van der Waals surface area contributed by atoms with Crippen LogP contribution in [0.1, 0.15) is 41.5 Å². The second-order valence-corrected chi connectivity index (χ2v) is 9.97. The summed E-state index contributed by atoms with van der Waals surface area (Å²) in [6, 6.07) is 34.1. The molecular weight excluding hydrogens is 474 g/mol. The van der Waals surface area contributed by atoms with Crippen molar-refractivity contribution in [3.8, 4) is 33.4 Å². The molecule has 0 aromatic heterocycles. The standard InChI is InChI=1S/C36H45N3/c1-7-37(8-2)34-19-13-16-28(25-34)31-22-32(29-17-14-20-35(26-29)38(9-3)10-4)24-33(23-31)30-18-15-21-36(27-30)39(11-5)12-6/h13-27H,7-12H2,1-6H3. The maximum Gasteiger partial charge on any atom is 0.0372 e. The van der Waals surface area contributed by atoms with E-state index in [1.54, 1.807) is 0 Å². The lowest BCUT2D eigenvalue weighted by molar-refractivity contribution is 0.866. The first-order chi connectivity index (χ1) is 19.0. The van der Waals surface area contributed by atoms with Gasteiger partial charge in [-0.05, 0) is 130 Å². The Kier molecular flexibility index (Phi) is 9.70. The highest BCUT2D eigenvalue weighted by Gasteiger charge is 2.12. The topological polar surface area (TPSA) is 9.72 Å². The quantitative estimate of drug-likeness (QED) is 0.185. The fourth-order valence-electron chi connectivity index (χ4n) is 5.54. The van der Waals surface area contributed by atoms with E-state index in [9.17, 15) is 0 Å². The van der Waals surface area contributed by atoms with Crippen molar-refractivity contribution in [1.82, 2.24) is 0 Å². The molecule has 0 amide bonds. The van der Waals surface area contributed by atoms with Crippen LogP contribution in [0.5, 0.6) is 0 Å². The van der Waals surface area contributed by atoms with E-state index in [0.717, 1.165) is 39.3 Å². The van der Waals surface area contributed by atoms with Gasteiger partial charge in [0.1, 0.15) is 0 Å². The molecule has 4 rings (SSSR count). The Morgan fingerprint density at radius 3 is 0.821 bits per heavy atom. The van der Waals surface area contributed by atoms with Crippen LogP contribution in [0, 0.1) is 0 Å². The summed E-state index contributed by atoms with van der Waals surface area (Å²) in [6.07, 6.45) is 0. The Balaban J connectivity index is 1.89. The van der Waals surface area contributed by atoms with E-state index < -0.39 is 0 Å². The lowest BCUT2D eigenvalue weighted by Crippen LogP contribution is -2.21. The summed E-state index contributed by atoms with van der Waals surface area (Å²) in [6.45, 7) is 19.3. The lowest BCUT2D eigenvalue weighted by Gasteiger charge is -2.23. The van der Waals surface area contributed by atoms with Crippen LogP contribution in [0.25, 0.3) is 33.4 Å². The van der Waals surface area contributed by atoms with Gasteiger partial charge in [0.2, 0.25) is 0 Å². The van der Waals surface area contributed by atoms with Crippen LogP contribution < -0.4 is 14.7 Å². The number of nitrogens with zero attached hydrogens (tertiary/aromatic N) is 3. The number of benzene rings is 4. The molecule has 3 heteroatoms. The molecule has 0 radical (unpaired) electrons. The first-order valence-corrected chi connectivity index (χ1v) is 14.8. The summed E-state index contributed by atoms with van der Waals surface area (Å²) in [4.78, 5) is 7.24. The third-order valence-electron chi connectivity index (χ3n) is 7.86. The fraction of sp³-hybridized carbons (Fsp3) is 0.333. The molecule has 3 nitrogen and oxygen atoms in total. The summed E-state index contributed by atoms with van der Waals surface area (Å²) in [5, 5.41) is 0. The van der Waals surface area contributed by atoms with Crippen molar-refractivity contribution in [2.75, 3.05) is 54.0 Å². The fourth-order valence-corrected chi connectivity index (χ4v) is 5.54. The van der Waals surface area contributed by atoms with Gasteiger partial charge >= 0.3 is 0 Å². The summed E-state index contributed by atoms with van der Waals surface area (Å²) in [5.41, 5.74) is 11.3. The zero-order valence-corrected chi connectivity index (χ0v) is 24.7. The van der Waals surface area contributed by atoms with Crippen LogP contribution in [0.3, 0.4) is 0 Å². The van der Waals surface area contributed by atoms with Crippen LogP contribution in [-0.2, 0) is 0 Å². The van der Waals surface area contributed by atoms with Gasteiger partial charge in [0.25, 0.3) is 0 Å². The first-order valence-electron chi connectivity index (χ1n) is 14.8. The zero-order chi connectivity index (χ0) is 27.8. The van der Waals surface area contributed by atoms with Gasteiger partial charge in [-0.15, -0.1) is 0 Å². The van der Waals surface area contributed by atoms with Gasteiger partial charge in [-0.25, -0.2) is 0 Å². The second kappa shape index (κ2) is 13.4. The monoisotopic (exact) mass is 519 g/mol. The summed E-state index contributed by atoms with van der Waals surface area (Å²) in [7, 11) is 0. The summed E-state index contributed by atoms with van der Waals surface area (Å²) < 4.78 is 0. The molecule has 0 saturated heterocycles. The first kappa shape index (κ1) is 28.3. The molecule has 0 atom stereocenters. The van der Waals surface area contributed by atoms with Crippen LogP contribution in [-0.4, -0.2) is 39.3 Å². The molecule has 0 heterocycles. The third kappa shape index (κ3) is 6.47. The highest BCUT2D eigenvalue weighted by atomic mass is 15.1. The molecule has 0 unspecified atom stereocenters. The van der Waals surface area contributed by atoms with E-state index >= 15 is 0 Å². The highest BCUT2D eigenvalue weighted by molar-refractivity contribution is 5.83. The Labute approximate surface area is 236 Å². The van der Waals surface area contributed by atoms with E-state index in [4.69, 9.17) is 0 Å². The normalized spacial score (nSPS) is 10.9. The van der Waals surface area contributed by atoms with Gasteiger partial charge in [0.15, 0.2) is 0 Å². The number of hydrogen-bond acceptors (Lipinski definition) is 3. The van der Waals surface area contributed by atoms with Crippen LogP contribution in [0.2, 0.25) is 0 Å². The molecule has 0 bridgehead atoms. The molecule has 4 aromatic carbocycles. The van der Waals surface area contributed by atoms with Crippen molar-refractivity contribution in [3.63, 3.8) is 0 Å². The van der Waals surface area contributed by atoms with E-state index in [2.05, 4.69) is 147 Å². The van der Waals surface area contributed by atoms with Crippen LogP contribution in [0.15, 0.2) is 91.0 Å². The second-order valence-electron chi connectivity index (χ2n) is 9.97. The minimum atomic E-state index is 1.00. The molecule has 0 fully saturated rings. The minimum absolute atomic E-state index is 1.00. The molecule has 0 aliphatic carbocycles. The molecule has 0 aliphatic rings. The van der Waals surface area contributed by atoms with E-state index in [0.29, 0.717) is 0 Å². The van der Waals surface area contributed by atoms with Crippen LogP contribution >= 0.6 is 0 Å². The summed E-state index contributed by atoms with van der Waals surface area (Å²) in [5.74, 6) is 0. The van der Waals surface area contributed by atoms with Gasteiger partial charge in [-0.3, -0.25) is 0 Å². The van der Waals surface area contributed by atoms with Gasteiger partial charge in [0.05, 0.1) is 0 Å². The van der Waals surface area contributed by atoms with Gasteiger partial charge in [-0.2, -0.15) is 0 Å². The van der Waals surface area contributed by atoms with Crippen molar-refractivity contribution in [3.05, 3.63) is 91.0 Å². The van der Waals surface area contributed by atoms with Crippen molar-refractivity contribution >= 4 is 17.1 Å². The van der Waals surface area contributed by atoms with E-state index in [-0.39, 0.29) is 0 Å². The Hall–Kier alpha value is -3.72. The maximum absolute atomic E-state index is 2.41. The SMILES string of the molecule is CCN(CC)c1cccc(-c2cc(-c3cccc(N(CC)CC)c3)cc(-c3cccc(N(CC)CC)c3)c2)c1. The van der Waals surface area contributed by atoms with Crippen molar-refractivity contribution in [2.24, 2.45) is 0 Å². The number of rotatable bonds is 12.